The summed E-state index contributed by atoms with van der Waals surface area (Å²) in [6, 6.07) is 0. The lowest BCUT2D eigenvalue weighted by Crippen LogP contribution is -2.08. The molecule has 1 aromatic heterocycles. The molecule has 6 heteroatoms. The highest BCUT2D eigenvalue weighted by molar-refractivity contribution is 5.87. The molecule has 4 nitrogen and oxygen atoms in total. The van der Waals surface area contributed by atoms with Crippen molar-refractivity contribution in [2.75, 3.05) is 6.61 Å². The SMILES string of the molecule is CCOC(=O)c1oc(C2CC3CCC2C3)nc1C(F)F. The Kier molecular flexibility index (Phi) is 3.48. The summed E-state index contributed by atoms with van der Waals surface area (Å²) in [4.78, 5) is 15.6. The van der Waals surface area contributed by atoms with Crippen LogP contribution in [0.1, 0.15) is 67.1 Å². The predicted molar refractivity (Wildman–Crippen MR) is 65.6 cm³/mol. The van der Waals surface area contributed by atoms with Gasteiger partial charge in [-0.15, -0.1) is 0 Å². The van der Waals surface area contributed by atoms with Crippen LogP contribution in [-0.4, -0.2) is 17.6 Å². The fourth-order valence-corrected chi connectivity index (χ4v) is 3.55. The third-order valence-corrected chi connectivity index (χ3v) is 4.39. The van der Waals surface area contributed by atoms with Gasteiger partial charge in [0.05, 0.1) is 6.61 Å². The molecule has 0 amide bonds. The van der Waals surface area contributed by atoms with Gasteiger partial charge in [-0.05, 0) is 38.0 Å². The molecule has 2 fully saturated rings. The maximum absolute atomic E-state index is 13.0. The molecule has 3 atom stereocenters. The quantitative estimate of drug-likeness (QED) is 0.792. The summed E-state index contributed by atoms with van der Waals surface area (Å²) in [5, 5.41) is 0. The van der Waals surface area contributed by atoms with Crippen molar-refractivity contribution in [1.29, 1.82) is 0 Å². The normalized spacial score (nSPS) is 28.3. The fourth-order valence-electron chi connectivity index (χ4n) is 3.55. The lowest BCUT2D eigenvalue weighted by atomic mass is 9.89. The van der Waals surface area contributed by atoms with Gasteiger partial charge in [0.2, 0.25) is 5.76 Å². The second-order valence-corrected chi connectivity index (χ2v) is 5.57. The molecule has 110 valence electrons. The Hall–Kier alpha value is -1.46. The molecule has 2 saturated carbocycles. The maximum Gasteiger partial charge on any atom is 0.376 e. The van der Waals surface area contributed by atoms with Crippen LogP contribution in [0.25, 0.3) is 0 Å². The third kappa shape index (κ3) is 2.21. The van der Waals surface area contributed by atoms with Crippen LogP contribution in [0.3, 0.4) is 0 Å². The van der Waals surface area contributed by atoms with Crippen LogP contribution in [-0.2, 0) is 4.74 Å². The standard InChI is InChI=1S/C14H17F2NO3/c1-2-19-14(18)11-10(12(15)16)17-13(20-11)9-6-7-3-4-8(9)5-7/h7-9,12H,2-6H2,1H3. The van der Waals surface area contributed by atoms with Gasteiger partial charge in [-0.1, -0.05) is 6.42 Å². The van der Waals surface area contributed by atoms with Gasteiger partial charge in [0.25, 0.3) is 6.43 Å². The molecule has 0 spiro atoms. The van der Waals surface area contributed by atoms with E-state index >= 15 is 0 Å². The molecule has 0 N–H and O–H groups in total. The summed E-state index contributed by atoms with van der Waals surface area (Å²) in [7, 11) is 0. The van der Waals surface area contributed by atoms with E-state index in [0.717, 1.165) is 19.3 Å². The van der Waals surface area contributed by atoms with Crippen molar-refractivity contribution < 1.29 is 22.7 Å². The molecule has 20 heavy (non-hydrogen) atoms. The highest BCUT2D eigenvalue weighted by atomic mass is 19.3. The number of hydrogen-bond acceptors (Lipinski definition) is 4. The van der Waals surface area contributed by atoms with Crippen LogP contribution in [0.15, 0.2) is 4.42 Å². The third-order valence-electron chi connectivity index (χ3n) is 4.39. The number of aromatic nitrogens is 1. The maximum atomic E-state index is 13.0. The molecule has 1 aromatic rings. The summed E-state index contributed by atoms with van der Waals surface area (Å²) in [5.41, 5.74) is -0.582. The smallest absolute Gasteiger partial charge is 0.376 e. The zero-order valence-electron chi connectivity index (χ0n) is 11.3. The van der Waals surface area contributed by atoms with Gasteiger partial charge in [0.15, 0.2) is 11.6 Å². The van der Waals surface area contributed by atoms with Crippen molar-refractivity contribution in [3.63, 3.8) is 0 Å². The van der Waals surface area contributed by atoms with Crippen molar-refractivity contribution in [3.05, 3.63) is 17.3 Å². The van der Waals surface area contributed by atoms with E-state index in [1.807, 2.05) is 0 Å². The topological polar surface area (TPSA) is 52.3 Å². The molecule has 1 heterocycles. The predicted octanol–water partition coefficient (Wildman–Crippen LogP) is 3.69. The number of ether oxygens (including phenoxy) is 1. The Morgan fingerprint density at radius 2 is 2.25 bits per heavy atom. The number of halogens is 2. The molecule has 2 bridgehead atoms. The zero-order chi connectivity index (χ0) is 14.3. The second kappa shape index (κ2) is 5.14. The first-order chi connectivity index (χ1) is 9.60. The van der Waals surface area contributed by atoms with Crippen molar-refractivity contribution in [3.8, 4) is 0 Å². The first-order valence-corrected chi connectivity index (χ1v) is 7.06. The van der Waals surface area contributed by atoms with Crippen LogP contribution in [0.4, 0.5) is 8.78 Å². The van der Waals surface area contributed by atoms with Gasteiger partial charge >= 0.3 is 5.97 Å². The van der Waals surface area contributed by atoms with Crippen LogP contribution >= 0.6 is 0 Å². The van der Waals surface area contributed by atoms with Gasteiger partial charge in [-0.25, -0.2) is 18.6 Å². The Morgan fingerprint density at radius 1 is 1.45 bits per heavy atom. The van der Waals surface area contributed by atoms with Crippen LogP contribution in [0.2, 0.25) is 0 Å². The highest BCUT2D eigenvalue weighted by Gasteiger charge is 2.43. The molecule has 3 rings (SSSR count). The van der Waals surface area contributed by atoms with E-state index in [4.69, 9.17) is 9.15 Å². The van der Waals surface area contributed by atoms with Crippen molar-refractivity contribution in [2.45, 2.75) is 45.0 Å². The van der Waals surface area contributed by atoms with E-state index in [0.29, 0.717) is 11.8 Å². The number of carbonyl (C=O) groups excluding carboxylic acids is 1. The van der Waals surface area contributed by atoms with Crippen molar-refractivity contribution >= 4 is 5.97 Å². The Balaban J connectivity index is 1.89. The van der Waals surface area contributed by atoms with Gasteiger partial charge in [-0.2, -0.15) is 0 Å². The average molecular weight is 285 g/mol. The first kappa shape index (κ1) is 13.5. The lowest BCUT2D eigenvalue weighted by molar-refractivity contribution is 0.0472. The summed E-state index contributed by atoms with van der Waals surface area (Å²) in [6.45, 7) is 1.73. The molecule has 0 aliphatic heterocycles. The Morgan fingerprint density at radius 3 is 2.80 bits per heavy atom. The van der Waals surface area contributed by atoms with Gasteiger partial charge in [0, 0.05) is 5.92 Å². The van der Waals surface area contributed by atoms with E-state index in [9.17, 15) is 13.6 Å². The number of oxazole rings is 1. The van der Waals surface area contributed by atoms with E-state index in [1.54, 1.807) is 6.92 Å². The van der Waals surface area contributed by atoms with E-state index < -0.39 is 23.8 Å². The second-order valence-electron chi connectivity index (χ2n) is 5.57. The van der Waals surface area contributed by atoms with E-state index in [-0.39, 0.29) is 18.4 Å². The molecule has 3 unspecified atom stereocenters. The van der Waals surface area contributed by atoms with Crippen LogP contribution in [0, 0.1) is 11.8 Å². The number of carbonyl (C=O) groups is 1. The number of hydrogen-bond donors (Lipinski definition) is 0. The van der Waals surface area contributed by atoms with Crippen LogP contribution in [0.5, 0.6) is 0 Å². The largest absolute Gasteiger partial charge is 0.460 e. The lowest BCUT2D eigenvalue weighted by Gasteiger charge is -2.17. The van der Waals surface area contributed by atoms with Crippen molar-refractivity contribution in [2.24, 2.45) is 11.8 Å². The molecule has 2 aliphatic rings. The van der Waals surface area contributed by atoms with E-state index in [1.165, 1.54) is 6.42 Å². The van der Waals surface area contributed by atoms with E-state index in [2.05, 4.69) is 4.98 Å². The molecule has 2 aliphatic carbocycles. The zero-order valence-corrected chi connectivity index (χ0v) is 11.3. The summed E-state index contributed by atoms with van der Waals surface area (Å²) in [6.07, 6.45) is 1.51. The van der Waals surface area contributed by atoms with Crippen molar-refractivity contribution in [1.82, 2.24) is 4.98 Å². The number of nitrogens with zero attached hydrogens (tertiary/aromatic N) is 1. The minimum Gasteiger partial charge on any atom is -0.460 e. The monoisotopic (exact) mass is 285 g/mol. The minimum absolute atomic E-state index is 0.0782. The average Bonchev–Trinajstić information content (AvgIpc) is 3.13. The molecular formula is C14H17F2NO3. The fraction of sp³-hybridized carbons (Fsp3) is 0.714. The summed E-state index contributed by atoms with van der Waals surface area (Å²) >= 11 is 0. The Labute approximate surface area is 115 Å². The van der Waals surface area contributed by atoms with Crippen LogP contribution < -0.4 is 0 Å². The number of esters is 1. The minimum atomic E-state index is -2.83. The summed E-state index contributed by atoms with van der Waals surface area (Å²) < 4.78 is 36.1. The van der Waals surface area contributed by atoms with Gasteiger partial charge < -0.3 is 9.15 Å². The number of alkyl halides is 2. The Bertz CT molecular complexity index is 515. The highest BCUT2D eigenvalue weighted by Crippen LogP contribution is 2.52. The summed E-state index contributed by atoms with van der Waals surface area (Å²) in [5.74, 6) is 0.187. The molecule has 0 radical (unpaired) electrons. The molecular weight excluding hydrogens is 268 g/mol. The van der Waals surface area contributed by atoms with Gasteiger partial charge in [0.1, 0.15) is 0 Å². The molecule has 0 saturated heterocycles. The van der Waals surface area contributed by atoms with Gasteiger partial charge in [-0.3, -0.25) is 0 Å². The number of rotatable bonds is 4. The molecule has 0 aromatic carbocycles. The number of fused-ring (bicyclic) bond motifs is 2. The first-order valence-electron chi connectivity index (χ1n) is 7.06.